The second-order valence-corrected chi connectivity index (χ2v) is 3.79. The Bertz CT molecular complexity index is 147. The molecule has 1 heterocycles. The molecule has 5 nitrogen and oxygen atoms in total. The van der Waals surface area contributed by atoms with Crippen LogP contribution in [0.2, 0.25) is 0 Å². The van der Waals surface area contributed by atoms with Crippen molar-refractivity contribution in [2.45, 2.75) is 30.7 Å². The van der Waals surface area contributed by atoms with Crippen molar-refractivity contribution in [3.8, 4) is 0 Å². The van der Waals surface area contributed by atoms with Crippen LogP contribution in [0.15, 0.2) is 0 Å². The molecule has 13 heavy (non-hydrogen) atoms. The lowest BCUT2D eigenvalue weighted by molar-refractivity contribution is -0.284. The van der Waals surface area contributed by atoms with Crippen LogP contribution in [0.25, 0.3) is 0 Å². The average molecular weight is 304 g/mol. The molecule has 0 spiro atoms. The van der Waals surface area contributed by atoms with Gasteiger partial charge in [-0.1, -0.05) is 22.6 Å². The molecular formula is C7H13IO5. The minimum absolute atomic E-state index is 0.496. The molecule has 0 aromatic heterocycles. The minimum atomic E-state index is -1.21. The lowest BCUT2D eigenvalue weighted by Crippen LogP contribution is -2.58. The van der Waals surface area contributed by atoms with Crippen molar-refractivity contribution >= 4 is 22.6 Å². The monoisotopic (exact) mass is 304 g/mol. The summed E-state index contributed by atoms with van der Waals surface area (Å²) >= 11 is 2.03. The maximum atomic E-state index is 9.43. The highest BCUT2D eigenvalue weighted by Crippen LogP contribution is 2.22. The number of ether oxygens (including phenoxy) is 2. The van der Waals surface area contributed by atoms with Crippen LogP contribution in [0.5, 0.6) is 0 Å². The molecule has 6 heteroatoms. The first-order chi connectivity index (χ1) is 6.11. The molecule has 1 aliphatic rings. The highest BCUT2D eigenvalue weighted by molar-refractivity contribution is 14.1. The van der Waals surface area contributed by atoms with Crippen molar-refractivity contribution in [1.29, 1.82) is 0 Å². The molecule has 1 saturated heterocycles. The van der Waals surface area contributed by atoms with Gasteiger partial charge in [-0.3, -0.25) is 0 Å². The van der Waals surface area contributed by atoms with Gasteiger partial charge in [0.1, 0.15) is 18.3 Å². The van der Waals surface area contributed by atoms with Gasteiger partial charge in [0.25, 0.3) is 0 Å². The molecule has 0 amide bonds. The largest absolute Gasteiger partial charge is 0.388 e. The second kappa shape index (κ2) is 4.85. The highest BCUT2D eigenvalue weighted by Gasteiger charge is 2.43. The fraction of sp³-hybridized carbons (Fsp3) is 1.00. The Morgan fingerprint density at radius 1 is 1.23 bits per heavy atom. The molecule has 0 aromatic carbocycles. The van der Waals surface area contributed by atoms with Crippen LogP contribution in [-0.4, -0.2) is 57.6 Å². The number of aliphatic hydroxyl groups excluding tert-OH is 3. The van der Waals surface area contributed by atoms with Crippen molar-refractivity contribution in [1.82, 2.24) is 0 Å². The topological polar surface area (TPSA) is 79.2 Å². The summed E-state index contributed by atoms with van der Waals surface area (Å²) in [4.78, 5) is 0. The van der Waals surface area contributed by atoms with Gasteiger partial charge >= 0.3 is 0 Å². The van der Waals surface area contributed by atoms with Crippen molar-refractivity contribution in [3.63, 3.8) is 0 Å². The van der Waals surface area contributed by atoms with Crippen molar-refractivity contribution in [3.05, 3.63) is 0 Å². The van der Waals surface area contributed by atoms with Gasteiger partial charge in [0, 0.05) is 11.5 Å². The highest BCUT2D eigenvalue weighted by atomic mass is 127. The number of hydrogen-bond donors (Lipinski definition) is 3. The number of aliphatic hydroxyl groups is 3. The average Bonchev–Trinajstić information content (AvgIpc) is 2.15. The molecular weight excluding hydrogens is 291 g/mol. The number of rotatable bonds is 2. The van der Waals surface area contributed by atoms with Crippen LogP contribution < -0.4 is 0 Å². The van der Waals surface area contributed by atoms with Gasteiger partial charge in [-0.15, -0.1) is 0 Å². The van der Waals surface area contributed by atoms with E-state index in [1.807, 2.05) is 22.6 Å². The van der Waals surface area contributed by atoms with E-state index < -0.39 is 30.7 Å². The predicted molar refractivity (Wildman–Crippen MR) is 52.6 cm³/mol. The summed E-state index contributed by atoms with van der Waals surface area (Å²) in [5.74, 6) is 0. The van der Waals surface area contributed by atoms with Gasteiger partial charge < -0.3 is 24.8 Å². The summed E-state index contributed by atoms with van der Waals surface area (Å²) in [6.07, 6.45) is -4.82. The van der Waals surface area contributed by atoms with Crippen LogP contribution in [0, 0.1) is 0 Å². The van der Waals surface area contributed by atoms with Gasteiger partial charge in [0.15, 0.2) is 6.29 Å². The van der Waals surface area contributed by atoms with E-state index in [0.29, 0.717) is 4.43 Å². The SMILES string of the molecule is CO[C@H]1O[C@@H](CI)[C@@H](O)[C@@H](O)[C@@H]1O. The zero-order valence-electron chi connectivity index (χ0n) is 7.13. The van der Waals surface area contributed by atoms with Crippen LogP contribution in [0.3, 0.4) is 0 Å². The van der Waals surface area contributed by atoms with E-state index in [1.54, 1.807) is 0 Å². The Hall–Kier alpha value is 0.530. The maximum Gasteiger partial charge on any atom is 0.186 e. The summed E-state index contributed by atoms with van der Waals surface area (Å²) < 4.78 is 10.5. The third-order valence-corrected chi connectivity index (χ3v) is 2.92. The molecule has 5 atom stereocenters. The normalized spacial score (nSPS) is 46.4. The third kappa shape index (κ3) is 2.31. The van der Waals surface area contributed by atoms with Gasteiger partial charge in [-0.05, 0) is 0 Å². The van der Waals surface area contributed by atoms with Gasteiger partial charge in [0.05, 0.1) is 6.10 Å². The molecule has 0 radical (unpaired) electrons. The van der Waals surface area contributed by atoms with Gasteiger partial charge in [-0.2, -0.15) is 0 Å². The number of methoxy groups -OCH3 is 1. The van der Waals surface area contributed by atoms with Crippen molar-refractivity contribution in [2.75, 3.05) is 11.5 Å². The Morgan fingerprint density at radius 2 is 1.85 bits per heavy atom. The molecule has 78 valence electrons. The molecule has 1 rings (SSSR count). The number of hydrogen-bond acceptors (Lipinski definition) is 5. The fourth-order valence-corrected chi connectivity index (χ4v) is 1.97. The Labute approximate surface area is 89.8 Å². The predicted octanol–water partition coefficient (Wildman–Crippen LogP) is -1.12. The van der Waals surface area contributed by atoms with Crippen LogP contribution >= 0.6 is 22.6 Å². The number of halogens is 1. The van der Waals surface area contributed by atoms with E-state index in [9.17, 15) is 15.3 Å². The molecule has 1 fully saturated rings. The molecule has 3 N–H and O–H groups in total. The molecule has 0 aromatic rings. The van der Waals surface area contributed by atoms with Gasteiger partial charge in [0.2, 0.25) is 0 Å². The molecule has 1 aliphatic heterocycles. The summed E-state index contributed by atoms with van der Waals surface area (Å²) in [7, 11) is 1.38. The van der Waals surface area contributed by atoms with E-state index in [2.05, 4.69) is 0 Å². The molecule has 0 saturated carbocycles. The summed E-state index contributed by atoms with van der Waals surface area (Å²) in [6.45, 7) is 0. The smallest absolute Gasteiger partial charge is 0.186 e. The Balaban J connectivity index is 2.66. The standard InChI is InChI=1S/C7H13IO5/c1-12-7-6(11)5(10)4(9)3(2-8)13-7/h3-7,9-11H,2H2,1H3/t3-,4+,5+,6-,7-/m0/s1. The van der Waals surface area contributed by atoms with Crippen LogP contribution in [0.4, 0.5) is 0 Å². The Morgan fingerprint density at radius 3 is 2.31 bits per heavy atom. The molecule has 0 unspecified atom stereocenters. The van der Waals surface area contributed by atoms with E-state index in [1.165, 1.54) is 7.11 Å². The van der Waals surface area contributed by atoms with Crippen molar-refractivity contribution < 1.29 is 24.8 Å². The van der Waals surface area contributed by atoms with Crippen molar-refractivity contribution in [2.24, 2.45) is 0 Å². The third-order valence-electron chi connectivity index (χ3n) is 2.05. The Kier molecular flexibility index (Phi) is 4.33. The summed E-state index contributed by atoms with van der Waals surface area (Å²) in [6, 6.07) is 0. The number of alkyl halides is 1. The van der Waals surface area contributed by atoms with Gasteiger partial charge in [-0.25, -0.2) is 0 Å². The quantitative estimate of drug-likeness (QED) is 0.445. The zero-order valence-corrected chi connectivity index (χ0v) is 9.29. The maximum absolute atomic E-state index is 9.43. The first kappa shape index (κ1) is 11.6. The lowest BCUT2D eigenvalue weighted by atomic mass is 10.0. The van der Waals surface area contributed by atoms with E-state index in [-0.39, 0.29) is 0 Å². The molecule has 0 bridgehead atoms. The first-order valence-electron chi connectivity index (χ1n) is 3.90. The first-order valence-corrected chi connectivity index (χ1v) is 5.42. The second-order valence-electron chi connectivity index (χ2n) is 2.90. The van der Waals surface area contributed by atoms with E-state index in [4.69, 9.17) is 9.47 Å². The molecule has 0 aliphatic carbocycles. The van der Waals surface area contributed by atoms with E-state index in [0.717, 1.165) is 0 Å². The van der Waals surface area contributed by atoms with E-state index >= 15 is 0 Å². The zero-order chi connectivity index (χ0) is 10.0. The van der Waals surface area contributed by atoms with Crippen LogP contribution in [0.1, 0.15) is 0 Å². The minimum Gasteiger partial charge on any atom is -0.388 e. The van der Waals surface area contributed by atoms with Crippen LogP contribution in [-0.2, 0) is 9.47 Å². The summed E-state index contributed by atoms with van der Waals surface area (Å²) in [5, 5.41) is 28.2. The fourth-order valence-electron chi connectivity index (χ4n) is 1.24. The summed E-state index contributed by atoms with van der Waals surface area (Å²) in [5.41, 5.74) is 0. The lowest BCUT2D eigenvalue weighted by Gasteiger charge is -2.39.